The van der Waals surface area contributed by atoms with E-state index in [-0.39, 0.29) is 0 Å². The van der Waals surface area contributed by atoms with Crippen molar-refractivity contribution in [2.45, 2.75) is 31.7 Å². The molecule has 0 spiro atoms. The first kappa shape index (κ1) is 11.6. The second-order valence-corrected chi connectivity index (χ2v) is 4.72. The monoisotopic (exact) mass is 222 g/mol. The van der Waals surface area contributed by atoms with Crippen molar-refractivity contribution in [3.8, 4) is 0 Å². The van der Waals surface area contributed by atoms with Crippen LogP contribution in [0.4, 0.5) is 0 Å². The van der Waals surface area contributed by atoms with E-state index in [0.717, 1.165) is 25.9 Å². The third kappa shape index (κ3) is 2.62. The average molecular weight is 222 g/mol. The fourth-order valence-corrected chi connectivity index (χ4v) is 2.49. The predicted molar refractivity (Wildman–Crippen MR) is 65.4 cm³/mol. The van der Waals surface area contributed by atoms with E-state index in [2.05, 4.69) is 27.8 Å². The highest BCUT2D eigenvalue weighted by Crippen LogP contribution is 2.21. The second kappa shape index (κ2) is 5.46. The third-order valence-corrected chi connectivity index (χ3v) is 3.33. The predicted octanol–water partition coefficient (Wildman–Crippen LogP) is 1.04. The molecule has 1 unspecified atom stereocenters. The third-order valence-electron chi connectivity index (χ3n) is 3.33. The lowest BCUT2D eigenvalue weighted by molar-refractivity contribution is 0.200. The number of nitrogens with zero attached hydrogens (tertiary/aromatic N) is 3. The van der Waals surface area contributed by atoms with Gasteiger partial charge >= 0.3 is 0 Å². The van der Waals surface area contributed by atoms with E-state index in [9.17, 15) is 0 Å². The summed E-state index contributed by atoms with van der Waals surface area (Å²) in [6.07, 6.45) is 6.55. The van der Waals surface area contributed by atoms with E-state index < -0.39 is 0 Å². The molecule has 1 saturated heterocycles. The molecule has 0 amide bonds. The van der Waals surface area contributed by atoms with Gasteiger partial charge in [0.2, 0.25) is 0 Å². The Hall–Kier alpha value is -0.870. The molecule has 90 valence electrons. The zero-order valence-electron chi connectivity index (χ0n) is 10.1. The number of rotatable bonds is 4. The Kier molecular flexibility index (Phi) is 3.96. The number of nitrogens with two attached hydrogens (primary N) is 1. The number of hydrogen-bond donors (Lipinski definition) is 1. The highest BCUT2D eigenvalue weighted by molar-refractivity contribution is 5.03. The van der Waals surface area contributed by atoms with Gasteiger partial charge in [-0.25, -0.2) is 0 Å². The van der Waals surface area contributed by atoms with Gasteiger partial charge in [0.25, 0.3) is 0 Å². The van der Waals surface area contributed by atoms with Gasteiger partial charge < -0.3 is 10.6 Å². The minimum absolute atomic E-state index is 0.557. The molecule has 1 aliphatic heterocycles. The van der Waals surface area contributed by atoms with Crippen molar-refractivity contribution < 1.29 is 0 Å². The van der Waals surface area contributed by atoms with E-state index in [0.29, 0.717) is 6.04 Å². The number of aryl methyl sites for hydroxylation is 1. The van der Waals surface area contributed by atoms with Gasteiger partial charge in [-0.3, -0.25) is 4.68 Å². The van der Waals surface area contributed by atoms with Crippen molar-refractivity contribution in [3.05, 3.63) is 18.0 Å². The number of piperidine rings is 1. The van der Waals surface area contributed by atoms with Crippen LogP contribution in [0.25, 0.3) is 0 Å². The number of likely N-dealkylation sites (N-methyl/N-ethyl adjacent to an activating group) is 1. The molecule has 4 heteroatoms. The van der Waals surface area contributed by atoms with E-state index in [1.807, 2.05) is 6.20 Å². The summed E-state index contributed by atoms with van der Waals surface area (Å²) in [7, 11) is 2.19. The summed E-state index contributed by atoms with van der Waals surface area (Å²) in [6, 6.07) is 2.69. The van der Waals surface area contributed by atoms with Crippen LogP contribution in [0.2, 0.25) is 0 Å². The van der Waals surface area contributed by atoms with E-state index in [1.165, 1.54) is 25.1 Å². The number of aromatic nitrogens is 2. The van der Waals surface area contributed by atoms with Crippen molar-refractivity contribution in [3.63, 3.8) is 0 Å². The van der Waals surface area contributed by atoms with Gasteiger partial charge in [0.05, 0.1) is 6.04 Å². The Morgan fingerprint density at radius 1 is 1.56 bits per heavy atom. The van der Waals surface area contributed by atoms with Crippen molar-refractivity contribution in [2.75, 3.05) is 26.7 Å². The maximum absolute atomic E-state index is 5.56. The molecular formula is C12H22N4. The van der Waals surface area contributed by atoms with Gasteiger partial charge in [0.15, 0.2) is 0 Å². The summed E-state index contributed by atoms with van der Waals surface area (Å²) in [4.78, 5) is 2.39. The topological polar surface area (TPSA) is 47.1 Å². The Morgan fingerprint density at radius 2 is 2.44 bits per heavy atom. The lowest BCUT2D eigenvalue weighted by Crippen LogP contribution is -2.34. The molecule has 0 radical (unpaired) electrons. The van der Waals surface area contributed by atoms with Crippen molar-refractivity contribution >= 4 is 0 Å². The summed E-state index contributed by atoms with van der Waals surface area (Å²) < 4.78 is 2.21. The molecule has 0 bridgehead atoms. The van der Waals surface area contributed by atoms with Gasteiger partial charge in [-0.15, -0.1) is 0 Å². The molecule has 4 nitrogen and oxygen atoms in total. The fraction of sp³-hybridized carbons (Fsp3) is 0.750. The molecule has 0 aliphatic carbocycles. The van der Waals surface area contributed by atoms with Crippen LogP contribution >= 0.6 is 0 Å². The van der Waals surface area contributed by atoms with Crippen LogP contribution in [0.3, 0.4) is 0 Å². The van der Waals surface area contributed by atoms with Crippen LogP contribution in [0.1, 0.15) is 31.0 Å². The van der Waals surface area contributed by atoms with E-state index in [1.54, 1.807) is 0 Å². The average Bonchev–Trinajstić information content (AvgIpc) is 2.74. The summed E-state index contributed by atoms with van der Waals surface area (Å²) in [5.41, 5.74) is 6.90. The van der Waals surface area contributed by atoms with Gasteiger partial charge in [-0.1, -0.05) is 0 Å². The van der Waals surface area contributed by atoms with Gasteiger partial charge in [0, 0.05) is 18.4 Å². The minimum Gasteiger partial charge on any atom is -0.330 e. The summed E-state index contributed by atoms with van der Waals surface area (Å²) in [5, 5.41) is 4.48. The lowest BCUT2D eigenvalue weighted by atomic mass is 10.1. The first-order chi connectivity index (χ1) is 7.81. The van der Waals surface area contributed by atoms with Gasteiger partial charge in [0.1, 0.15) is 0 Å². The molecule has 1 atom stereocenters. The molecule has 1 aromatic heterocycles. The highest BCUT2D eigenvalue weighted by Gasteiger charge is 2.20. The second-order valence-electron chi connectivity index (χ2n) is 4.72. The summed E-state index contributed by atoms with van der Waals surface area (Å²) >= 11 is 0. The molecule has 0 aromatic carbocycles. The molecule has 1 aromatic rings. The van der Waals surface area contributed by atoms with Crippen LogP contribution in [-0.4, -0.2) is 41.4 Å². The standard InChI is InChI=1S/C12H22N4/c1-15-9-3-5-12(10-15)16-11(4-2-7-13)6-8-14-16/h6,8,12H,2-5,7,9-10,13H2,1H3. The van der Waals surface area contributed by atoms with Crippen LogP contribution in [0, 0.1) is 0 Å². The quantitative estimate of drug-likeness (QED) is 0.828. The zero-order valence-corrected chi connectivity index (χ0v) is 10.1. The molecule has 2 N–H and O–H groups in total. The van der Waals surface area contributed by atoms with E-state index >= 15 is 0 Å². The Labute approximate surface area is 97.4 Å². The van der Waals surface area contributed by atoms with Gasteiger partial charge in [-0.05, 0) is 51.9 Å². The van der Waals surface area contributed by atoms with Crippen molar-refractivity contribution in [1.82, 2.24) is 14.7 Å². The largest absolute Gasteiger partial charge is 0.330 e. The first-order valence-electron chi connectivity index (χ1n) is 6.22. The van der Waals surface area contributed by atoms with Crippen molar-refractivity contribution in [2.24, 2.45) is 5.73 Å². The Morgan fingerprint density at radius 3 is 3.19 bits per heavy atom. The maximum Gasteiger partial charge on any atom is 0.0649 e. The first-order valence-corrected chi connectivity index (χ1v) is 6.22. The lowest BCUT2D eigenvalue weighted by Gasteiger charge is -2.30. The molecule has 1 fully saturated rings. The van der Waals surface area contributed by atoms with Crippen LogP contribution in [0.5, 0.6) is 0 Å². The molecule has 0 saturated carbocycles. The van der Waals surface area contributed by atoms with Gasteiger partial charge in [-0.2, -0.15) is 5.10 Å². The Balaban J connectivity index is 2.04. The normalized spacial score (nSPS) is 22.5. The zero-order chi connectivity index (χ0) is 11.4. The smallest absolute Gasteiger partial charge is 0.0649 e. The van der Waals surface area contributed by atoms with Crippen molar-refractivity contribution in [1.29, 1.82) is 0 Å². The highest BCUT2D eigenvalue weighted by atomic mass is 15.3. The fourth-order valence-electron chi connectivity index (χ4n) is 2.49. The van der Waals surface area contributed by atoms with Crippen LogP contribution in [-0.2, 0) is 6.42 Å². The summed E-state index contributed by atoms with van der Waals surface area (Å²) in [5.74, 6) is 0. The Bertz CT molecular complexity index is 321. The van der Waals surface area contributed by atoms with Crippen LogP contribution in [0.15, 0.2) is 12.3 Å². The molecule has 2 rings (SSSR count). The molecule has 2 heterocycles. The van der Waals surface area contributed by atoms with Crippen LogP contribution < -0.4 is 5.73 Å². The molecule has 16 heavy (non-hydrogen) atoms. The molecule has 1 aliphatic rings. The number of likely N-dealkylation sites (tertiary alicyclic amines) is 1. The summed E-state index contributed by atoms with van der Waals surface area (Å²) in [6.45, 7) is 3.10. The maximum atomic E-state index is 5.56. The number of hydrogen-bond acceptors (Lipinski definition) is 3. The SMILES string of the molecule is CN1CCCC(n2nccc2CCCN)C1. The van der Waals surface area contributed by atoms with E-state index in [4.69, 9.17) is 5.73 Å². The minimum atomic E-state index is 0.557. The molecular weight excluding hydrogens is 200 g/mol.